The van der Waals surface area contributed by atoms with Crippen LogP contribution in [-0.4, -0.2) is 20.2 Å². The maximum atomic E-state index is 3.94. The molecule has 0 fully saturated rings. The van der Waals surface area contributed by atoms with Gasteiger partial charge in [-0.15, -0.1) is 10.2 Å². The van der Waals surface area contributed by atoms with E-state index in [1.165, 1.54) is 6.33 Å². The average Bonchev–Trinajstić information content (AvgIpc) is 2.05. The molecule has 0 aromatic carbocycles. The van der Waals surface area contributed by atoms with Crippen LogP contribution in [0.25, 0.3) is 11.2 Å². The molecule has 1 radical (unpaired) electrons. The van der Waals surface area contributed by atoms with E-state index in [-0.39, 0.29) is 0 Å². The van der Waals surface area contributed by atoms with Gasteiger partial charge in [-0.05, 0) is 6.07 Å². The zero-order valence-corrected chi connectivity index (χ0v) is 5.02. The van der Waals surface area contributed by atoms with E-state index in [1.54, 1.807) is 12.3 Å². The molecule has 0 bridgehead atoms. The molecule has 0 saturated carbocycles. The van der Waals surface area contributed by atoms with Crippen molar-refractivity contribution < 1.29 is 0 Å². The van der Waals surface area contributed by atoms with Crippen molar-refractivity contribution in [2.45, 2.75) is 0 Å². The molecular weight excluding hydrogens is 128 g/mol. The van der Waals surface area contributed by atoms with Crippen LogP contribution in [0.4, 0.5) is 0 Å². The van der Waals surface area contributed by atoms with E-state index in [0.29, 0.717) is 11.2 Å². The van der Waals surface area contributed by atoms with Crippen molar-refractivity contribution in [2.75, 3.05) is 0 Å². The number of pyridine rings is 1. The highest BCUT2D eigenvalue weighted by Gasteiger charge is 1.91. The second-order valence-corrected chi connectivity index (χ2v) is 1.72. The minimum absolute atomic E-state index is 0.581. The lowest BCUT2D eigenvalue weighted by Gasteiger charge is -1.87. The van der Waals surface area contributed by atoms with Crippen molar-refractivity contribution in [3.63, 3.8) is 0 Å². The van der Waals surface area contributed by atoms with Crippen molar-refractivity contribution in [3.05, 3.63) is 24.7 Å². The Hall–Kier alpha value is -1.58. The molecule has 2 aromatic heterocycles. The Morgan fingerprint density at radius 3 is 3.20 bits per heavy atom. The topological polar surface area (TPSA) is 51.6 Å². The first-order valence-corrected chi connectivity index (χ1v) is 2.77. The van der Waals surface area contributed by atoms with Crippen molar-refractivity contribution in [2.24, 2.45) is 0 Å². The lowest BCUT2D eigenvalue weighted by molar-refractivity contribution is 1.01. The number of rotatable bonds is 0. The first kappa shape index (κ1) is 5.22. The van der Waals surface area contributed by atoms with Crippen LogP contribution in [0.2, 0.25) is 0 Å². The van der Waals surface area contributed by atoms with Crippen molar-refractivity contribution in [3.8, 4) is 0 Å². The number of aromatic nitrogens is 4. The summed E-state index contributed by atoms with van der Waals surface area (Å²) in [5.74, 6) is 0. The molecule has 2 heterocycles. The molecule has 0 saturated heterocycles. The first-order chi connectivity index (χ1) is 4.97. The largest absolute Gasteiger partial charge is 0.235 e. The second kappa shape index (κ2) is 1.98. The van der Waals surface area contributed by atoms with Crippen LogP contribution in [0, 0.1) is 6.07 Å². The quantitative estimate of drug-likeness (QED) is 0.513. The van der Waals surface area contributed by atoms with Crippen LogP contribution in [0.5, 0.6) is 0 Å². The van der Waals surface area contributed by atoms with Crippen molar-refractivity contribution in [1.82, 2.24) is 20.2 Å². The van der Waals surface area contributed by atoms with Gasteiger partial charge in [0.05, 0.1) is 0 Å². The van der Waals surface area contributed by atoms with E-state index in [1.807, 2.05) is 0 Å². The monoisotopic (exact) mass is 131 g/mol. The van der Waals surface area contributed by atoms with Gasteiger partial charge in [0.1, 0.15) is 11.8 Å². The number of hydrogen-bond acceptors (Lipinski definition) is 4. The van der Waals surface area contributed by atoms with E-state index in [0.717, 1.165) is 0 Å². The smallest absolute Gasteiger partial charge is 0.182 e. The SMILES string of the molecule is [c]1ccnc2ncnnc12. The predicted octanol–water partition coefficient (Wildman–Crippen LogP) is 0.220. The van der Waals surface area contributed by atoms with Crippen LogP contribution in [0.3, 0.4) is 0 Å². The van der Waals surface area contributed by atoms with Gasteiger partial charge < -0.3 is 0 Å². The summed E-state index contributed by atoms with van der Waals surface area (Å²) < 4.78 is 0. The normalized spacial score (nSPS) is 10.0. The number of nitrogens with zero attached hydrogens (tertiary/aromatic N) is 4. The first-order valence-electron chi connectivity index (χ1n) is 2.77. The molecule has 0 N–H and O–H groups in total. The molecule has 0 aliphatic heterocycles. The van der Waals surface area contributed by atoms with E-state index >= 15 is 0 Å². The third-order valence-corrected chi connectivity index (χ3v) is 1.09. The van der Waals surface area contributed by atoms with Gasteiger partial charge in [0.25, 0.3) is 0 Å². The molecule has 4 nitrogen and oxygen atoms in total. The molecule has 2 rings (SSSR count). The van der Waals surface area contributed by atoms with Crippen LogP contribution >= 0.6 is 0 Å². The molecule has 0 spiro atoms. The Labute approximate surface area is 57.0 Å². The minimum Gasteiger partial charge on any atom is -0.235 e. The minimum atomic E-state index is 0.581. The molecule has 2 aromatic rings. The standard InChI is InChI=1S/C6H3N4/c1-2-5-6(7-3-1)8-4-9-10-5/h1,3-4H. The Bertz CT molecular complexity index is 281. The Kier molecular flexibility index (Phi) is 1.04. The van der Waals surface area contributed by atoms with Gasteiger partial charge >= 0.3 is 0 Å². The summed E-state index contributed by atoms with van der Waals surface area (Å²) in [5, 5.41) is 7.33. The van der Waals surface area contributed by atoms with E-state index in [2.05, 4.69) is 26.2 Å². The van der Waals surface area contributed by atoms with Gasteiger partial charge in [-0.1, -0.05) is 0 Å². The highest BCUT2D eigenvalue weighted by molar-refractivity contribution is 5.66. The van der Waals surface area contributed by atoms with Crippen LogP contribution in [0.1, 0.15) is 0 Å². The number of hydrogen-bond donors (Lipinski definition) is 0. The highest BCUT2D eigenvalue weighted by atomic mass is 15.1. The molecule has 0 atom stereocenters. The summed E-state index contributed by atoms with van der Waals surface area (Å²) in [4.78, 5) is 7.80. The summed E-state index contributed by atoms with van der Waals surface area (Å²) in [7, 11) is 0. The van der Waals surface area contributed by atoms with Gasteiger partial charge in [-0.3, -0.25) is 0 Å². The van der Waals surface area contributed by atoms with Gasteiger partial charge in [-0.25, -0.2) is 9.97 Å². The fourth-order valence-electron chi connectivity index (χ4n) is 0.682. The van der Waals surface area contributed by atoms with Crippen LogP contribution in [-0.2, 0) is 0 Å². The van der Waals surface area contributed by atoms with Gasteiger partial charge in [-0.2, -0.15) is 0 Å². The van der Waals surface area contributed by atoms with E-state index < -0.39 is 0 Å². The summed E-state index contributed by atoms with van der Waals surface area (Å²) in [6.07, 6.45) is 2.99. The molecular formula is C6H3N4. The predicted molar refractivity (Wildman–Crippen MR) is 34.0 cm³/mol. The third kappa shape index (κ3) is 0.699. The highest BCUT2D eigenvalue weighted by Crippen LogP contribution is 1.98. The van der Waals surface area contributed by atoms with Gasteiger partial charge in [0, 0.05) is 12.3 Å². The fraction of sp³-hybridized carbons (Fsp3) is 0. The van der Waals surface area contributed by atoms with Crippen molar-refractivity contribution in [1.29, 1.82) is 0 Å². The molecule has 0 amide bonds. The maximum absolute atomic E-state index is 3.94. The lowest BCUT2D eigenvalue weighted by atomic mass is 10.4. The summed E-state index contributed by atoms with van der Waals surface area (Å²) in [6.45, 7) is 0. The second-order valence-electron chi connectivity index (χ2n) is 1.72. The molecule has 47 valence electrons. The van der Waals surface area contributed by atoms with Crippen LogP contribution in [0.15, 0.2) is 18.6 Å². The third-order valence-electron chi connectivity index (χ3n) is 1.09. The molecule has 10 heavy (non-hydrogen) atoms. The Morgan fingerprint density at radius 2 is 2.30 bits per heavy atom. The zero-order chi connectivity index (χ0) is 6.81. The molecule has 0 aliphatic rings. The Balaban J connectivity index is 2.89. The van der Waals surface area contributed by atoms with E-state index in [9.17, 15) is 0 Å². The summed E-state index contributed by atoms with van der Waals surface area (Å²) in [6, 6.07) is 4.53. The zero-order valence-electron chi connectivity index (χ0n) is 5.02. The molecule has 0 unspecified atom stereocenters. The summed E-state index contributed by atoms with van der Waals surface area (Å²) >= 11 is 0. The van der Waals surface area contributed by atoms with Gasteiger partial charge in [0.15, 0.2) is 5.65 Å². The maximum Gasteiger partial charge on any atom is 0.182 e. The molecule has 4 heteroatoms. The molecule has 0 aliphatic carbocycles. The Morgan fingerprint density at radius 1 is 1.30 bits per heavy atom. The fourth-order valence-corrected chi connectivity index (χ4v) is 0.682. The van der Waals surface area contributed by atoms with Crippen molar-refractivity contribution >= 4 is 11.2 Å². The van der Waals surface area contributed by atoms with Crippen LogP contribution < -0.4 is 0 Å². The lowest BCUT2D eigenvalue weighted by Crippen LogP contribution is -1.87. The van der Waals surface area contributed by atoms with E-state index in [4.69, 9.17) is 0 Å². The number of fused-ring (bicyclic) bond motifs is 1. The van der Waals surface area contributed by atoms with Gasteiger partial charge in [0.2, 0.25) is 0 Å². The average molecular weight is 131 g/mol. The summed E-state index contributed by atoms with van der Waals surface area (Å²) in [5.41, 5.74) is 1.18.